The zero-order chi connectivity index (χ0) is 12.1. The van der Waals surface area contributed by atoms with E-state index in [9.17, 15) is 10.1 Å². The molecule has 16 heavy (non-hydrogen) atoms. The molecule has 6 heteroatoms. The Morgan fingerprint density at radius 2 is 2.38 bits per heavy atom. The Morgan fingerprint density at radius 3 is 2.88 bits per heavy atom. The number of anilines is 1. The molecule has 1 aromatic rings. The quantitative estimate of drug-likeness (QED) is 0.346. The predicted octanol–water partition coefficient (Wildman–Crippen LogP) is 1.88. The van der Waals surface area contributed by atoms with Crippen molar-refractivity contribution in [3.8, 4) is 0 Å². The number of aryl methyl sites for hydroxylation is 2. The Kier molecular flexibility index (Phi) is 4.04. The highest BCUT2D eigenvalue weighted by molar-refractivity contribution is 5.59. The first-order valence-corrected chi connectivity index (χ1v) is 5.16. The van der Waals surface area contributed by atoms with Gasteiger partial charge >= 0.3 is 5.69 Å². The van der Waals surface area contributed by atoms with E-state index in [0.29, 0.717) is 24.5 Å². The van der Waals surface area contributed by atoms with Gasteiger partial charge in [0.05, 0.1) is 4.92 Å². The van der Waals surface area contributed by atoms with E-state index in [1.807, 2.05) is 6.92 Å². The van der Waals surface area contributed by atoms with Crippen LogP contribution in [-0.4, -0.2) is 21.2 Å². The maximum Gasteiger partial charge on any atom is 0.333 e. The molecular formula is C10H16N4O2. The van der Waals surface area contributed by atoms with Gasteiger partial charge < -0.3 is 5.32 Å². The van der Waals surface area contributed by atoms with Gasteiger partial charge in [-0.3, -0.25) is 10.1 Å². The average molecular weight is 224 g/mol. The normalized spacial score (nSPS) is 10.1. The Hall–Kier alpha value is -1.85. The Balaban J connectivity index is 3.00. The summed E-state index contributed by atoms with van der Waals surface area (Å²) in [5.74, 6) is 0.462. The average Bonchev–Trinajstić information content (AvgIpc) is 2.56. The third-order valence-electron chi connectivity index (χ3n) is 2.25. The molecule has 0 bridgehead atoms. The van der Waals surface area contributed by atoms with Crippen LogP contribution in [0.2, 0.25) is 0 Å². The minimum Gasteiger partial charge on any atom is -0.364 e. The summed E-state index contributed by atoms with van der Waals surface area (Å²) < 4.78 is 1.51. The van der Waals surface area contributed by atoms with Crippen LogP contribution in [0.5, 0.6) is 0 Å². The smallest absolute Gasteiger partial charge is 0.333 e. The third kappa shape index (κ3) is 2.39. The van der Waals surface area contributed by atoms with Crippen molar-refractivity contribution in [3.63, 3.8) is 0 Å². The molecule has 0 spiro atoms. The molecule has 0 unspecified atom stereocenters. The summed E-state index contributed by atoms with van der Waals surface area (Å²) in [5.41, 5.74) is 0.586. The van der Waals surface area contributed by atoms with Gasteiger partial charge in [-0.2, -0.15) is 5.10 Å². The molecule has 6 nitrogen and oxygen atoms in total. The molecule has 0 saturated carbocycles. The van der Waals surface area contributed by atoms with Gasteiger partial charge in [-0.05, 0) is 12.8 Å². The van der Waals surface area contributed by atoms with Gasteiger partial charge in [-0.15, -0.1) is 6.58 Å². The van der Waals surface area contributed by atoms with Crippen molar-refractivity contribution in [2.45, 2.75) is 19.8 Å². The van der Waals surface area contributed by atoms with E-state index in [2.05, 4.69) is 17.0 Å². The van der Waals surface area contributed by atoms with E-state index in [-0.39, 0.29) is 10.6 Å². The largest absolute Gasteiger partial charge is 0.364 e. The minimum absolute atomic E-state index is 0.0778. The molecule has 1 N–H and O–H groups in total. The number of aromatic nitrogens is 2. The van der Waals surface area contributed by atoms with Crippen molar-refractivity contribution in [2.75, 3.05) is 11.9 Å². The highest BCUT2D eigenvalue weighted by Crippen LogP contribution is 2.28. The number of nitrogens with zero attached hydrogens (tertiary/aromatic N) is 3. The van der Waals surface area contributed by atoms with E-state index < -0.39 is 0 Å². The zero-order valence-electron chi connectivity index (χ0n) is 9.56. The Labute approximate surface area is 94.1 Å². The van der Waals surface area contributed by atoms with E-state index in [0.717, 1.165) is 6.42 Å². The zero-order valence-corrected chi connectivity index (χ0v) is 9.56. The number of nitro groups is 1. The van der Waals surface area contributed by atoms with Crippen molar-refractivity contribution in [1.82, 2.24) is 9.78 Å². The van der Waals surface area contributed by atoms with Gasteiger partial charge in [0.1, 0.15) is 5.69 Å². The van der Waals surface area contributed by atoms with E-state index in [1.165, 1.54) is 4.68 Å². The summed E-state index contributed by atoms with van der Waals surface area (Å²) in [6, 6.07) is 0. The van der Waals surface area contributed by atoms with Gasteiger partial charge in [0.25, 0.3) is 0 Å². The molecule has 0 aliphatic carbocycles. The van der Waals surface area contributed by atoms with Crippen LogP contribution < -0.4 is 5.32 Å². The van der Waals surface area contributed by atoms with Crippen molar-refractivity contribution in [3.05, 3.63) is 28.5 Å². The molecule has 0 saturated heterocycles. The third-order valence-corrected chi connectivity index (χ3v) is 2.25. The molecule has 1 aromatic heterocycles. The van der Waals surface area contributed by atoms with Crippen LogP contribution in [0.1, 0.15) is 19.0 Å². The molecule has 0 aliphatic heterocycles. The second kappa shape index (κ2) is 5.29. The molecule has 0 radical (unpaired) electrons. The van der Waals surface area contributed by atoms with Crippen LogP contribution in [0.3, 0.4) is 0 Å². The lowest BCUT2D eigenvalue weighted by Gasteiger charge is -2.03. The van der Waals surface area contributed by atoms with E-state index >= 15 is 0 Å². The topological polar surface area (TPSA) is 73.0 Å². The standard InChI is InChI=1S/C10H16N4O2/c1-4-6-7-11-10-9(14(15)16)8(5-2)12-13(10)3/h4,11H,1,5-7H2,2-3H3. The van der Waals surface area contributed by atoms with E-state index in [1.54, 1.807) is 13.1 Å². The van der Waals surface area contributed by atoms with Crippen LogP contribution in [-0.2, 0) is 13.5 Å². The fourth-order valence-electron chi connectivity index (χ4n) is 1.49. The molecule has 0 amide bonds. The number of nitrogens with one attached hydrogen (secondary N) is 1. The number of rotatable bonds is 6. The van der Waals surface area contributed by atoms with Crippen LogP contribution in [0.25, 0.3) is 0 Å². The van der Waals surface area contributed by atoms with Crippen molar-refractivity contribution >= 4 is 11.5 Å². The first-order chi connectivity index (χ1) is 7.61. The first-order valence-electron chi connectivity index (χ1n) is 5.16. The fraction of sp³-hybridized carbons (Fsp3) is 0.500. The lowest BCUT2D eigenvalue weighted by atomic mass is 10.3. The van der Waals surface area contributed by atoms with Crippen LogP contribution in [0.15, 0.2) is 12.7 Å². The van der Waals surface area contributed by atoms with Crippen molar-refractivity contribution in [2.24, 2.45) is 7.05 Å². The molecule has 0 aromatic carbocycles. The van der Waals surface area contributed by atoms with Gasteiger partial charge in [-0.25, -0.2) is 4.68 Å². The lowest BCUT2D eigenvalue weighted by molar-refractivity contribution is -0.384. The van der Waals surface area contributed by atoms with Crippen LogP contribution in [0.4, 0.5) is 11.5 Å². The molecule has 0 aliphatic rings. The summed E-state index contributed by atoms with van der Waals surface area (Å²) >= 11 is 0. The summed E-state index contributed by atoms with van der Waals surface area (Å²) in [7, 11) is 1.70. The molecule has 0 fully saturated rings. The van der Waals surface area contributed by atoms with Gasteiger partial charge in [0.15, 0.2) is 0 Å². The van der Waals surface area contributed by atoms with Crippen LogP contribution in [0, 0.1) is 10.1 Å². The second-order valence-electron chi connectivity index (χ2n) is 3.38. The molecule has 1 rings (SSSR count). The maximum absolute atomic E-state index is 10.9. The van der Waals surface area contributed by atoms with Crippen molar-refractivity contribution in [1.29, 1.82) is 0 Å². The van der Waals surface area contributed by atoms with Crippen LogP contribution >= 0.6 is 0 Å². The van der Waals surface area contributed by atoms with Gasteiger partial charge in [0.2, 0.25) is 5.82 Å². The maximum atomic E-state index is 10.9. The minimum atomic E-state index is -0.387. The number of hydrogen-bond acceptors (Lipinski definition) is 4. The SMILES string of the molecule is C=CCCNc1c([N+](=O)[O-])c(CC)nn1C. The molecule has 88 valence electrons. The molecular weight excluding hydrogens is 208 g/mol. The summed E-state index contributed by atoms with van der Waals surface area (Å²) in [6.45, 7) is 6.07. The first kappa shape index (κ1) is 12.2. The number of hydrogen-bond donors (Lipinski definition) is 1. The Bertz CT molecular complexity index is 398. The monoisotopic (exact) mass is 224 g/mol. The Morgan fingerprint density at radius 1 is 1.69 bits per heavy atom. The van der Waals surface area contributed by atoms with Gasteiger partial charge in [0, 0.05) is 13.6 Å². The van der Waals surface area contributed by atoms with Crippen molar-refractivity contribution < 1.29 is 4.92 Å². The molecule has 0 atom stereocenters. The van der Waals surface area contributed by atoms with E-state index in [4.69, 9.17) is 0 Å². The summed E-state index contributed by atoms with van der Waals surface area (Å²) in [6.07, 6.45) is 3.06. The lowest BCUT2D eigenvalue weighted by Crippen LogP contribution is -2.07. The fourth-order valence-corrected chi connectivity index (χ4v) is 1.49. The highest BCUT2D eigenvalue weighted by atomic mass is 16.6. The summed E-state index contributed by atoms with van der Waals surface area (Å²) in [4.78, 5) is 10.6. The highest BCUT2D eigenvalue weighted by Gasteiger charge is 2.24. The van der Waals surface area contributed by atoms with Gasteiger partial charge in [-0.1, -0.05) is 13.0 Å². The second-order valence-corrected chi connectivity index (χ2v) is 3.38. The molecule has 1 heterocycles. The summed E-state index contributed by atoms with van der Waals surface area (Å²) in [5, 5.41) is 18.1. The predicted molar refractivity (Wildman–Crippen MR) is 62.5 cm³/mol.